The van der Waals surface area contributed by atoms with Crippen LogP contribution in [-0.4, -0.2) is 269 Å². The van der Waals surface area contributed by atoms with Crippen molar-refractivity contribution in [1.82, 2.24) is 36.8 Å². The Labute approximate surface area is 459 Å². The van der Waals surface area contributed by atoms with Crippen LogP contribution in [0.25, 0.3) is 0 Å². The molecule has 0 spiro atoms. The van der Waals surface area contributed by atoms with E-state index in [4.69, 9.17) is 76.1 Å². The van der Waals surface area contributed by atoms with Crippen molar-refractivity contribution in [3.8, 4) is 12.3 Å². The van der Waals surface area contributed by atoms with Gasteiger partial charge in [0.1, 0.15) is 18.8 Å². The fraction of sp³-hybridized carbons (Fsp3) is 0.674. The molecule has 0 fully saturated rings. The highest BCUT2D eigenvalue weighted by Gasteiger charge is 2.48. The third kappa shape index (κ3) is 26.5. The Bertz CT molecular complexity index is 2000. The Kier molecular flexibility index (Phi) is 32.9. The monoisotopic (exact) mass is 1150 g/mol. The minimum absolute atomic E-state index is 0.00379. The molecular formula is C46H75N11O23. The first-order valence-electron chi connectivity index (χ1n) is 24.8. The smallest absolute Gasteiger partial charge is 0.407 e. The summed E-state index contributed by atoms with van der Waals surface area (Å²) in [6.45, 7) is 1.16. The number of alkyl carbamates (subject to hydrolysis) is 2. The van der Waals surface area contributed by atoms with E-state index in [1.807, 2.05) is 0 Å². The first kappa shape index (κ1) is 68.8. The molecule has 0 unspecified atom stereocenters. The molecule has 34 nitrogen and oxygen atoms in total. The summed E-state index contributed by atoms with van der Waals surface area (Å²) in [5, 5.41) is 90.3. The number of carboxylic acid groups (broad SMARTS) is 2. The number of amides is 5. The zero-order chi connectivity index (χ0) is 59.6. The van der Waals surface area contributed by atoms with Gasteiger partial charge >= 0.3 is 24.1 Å². The standard InChI is InChI=1S/C46H75N11O23/c1-4-10-71-16-18-75-20-21-76-19-17-72-11-5-34(64)57(8-14-73-12-6-51-45(69)79-37(30(62)24-58)39-35(53-26(2)60)28(55-43(47)48)22-32(77-39)41(65)66)9-15-74-13-7-52-46(70)80-38(31(63)25-59)40-36(54-27(3)61)29(56-44(49)50)23-33(78-40)42(67)68/h1,22-23,28-31,35-40,58-59,62-63H,5-21,24-25H2,2-3H3,(H,51,69)(H,52,70)(H,53,60)(H,54,61)(H,65,66)(H,67,68)(H4,47,48,55)(H4,49,50,56)/t28-,29-,30+,31+,35+,36+,37+,38+,39+,40+/m0/s1. The molecule has 34 heteroatoms. The fourth-order valence-corrected chi connectivity index (χ4v) is 7.42. The molecule has 2 aliphatic heterocycles. The van der Waals surface area contributed by atoms with Gasteiger partial charge in [-0.05, 0) is 12.2 Å². The van der Waals surface area contributed by atoms with Gasteiger partial charge in [-0.3, -0.25) is 25.2 Å². The van der Waals surface area contributed by atoms with E-state index in [1.54, 1.807) is 0 Å². The summed E-state index contributed by atoms with van der Waals surface area (Å²) in [5.41, 5.74) is 10.9. The van der Waals surface area contributed by atoms with Crippen LogP contribution in [0.1, 0.15) is 20.3 Å². The van der Waals surface area contributed by atoms with Crippen molar-refractivity contribution >= 4 is 53.8 Å². The molecule has 10 atom stereocenters. The maximum Gasteiger partial charge on any atom is 0.407 e. The number of guanidine groups is 2. The molecule has 0 saturated heterocycles. The number of aliphatic hydroxyl groups is 4. The van der Waals surface area contributed by atoms with Crippen LogP contribution < -0.4 is 43.4 Å². The highest BCUT2D eigenvalue weighted by atomic mass is 16.6. The van der Waals surface area contributed by atoms with Gasteiger partial charge in [0.2, 0.25) is 29.2 Å². The fourth-order valence-electron chi connectivity index (χ4n) is 7.42. The van der Waals surface area contributed by atoms with Crippen molar-refractivity contribution in [1.29, 1.82) is 10.8 Å². The predicted octanol–water partition coefficient (Wildman–Crippen LogP) is -6.72. The van der Waals surface area contributed by atoms with E-state index in [0.29, 0.717) is 19.8 Å². The molecule has 0 aromatic carbocycles. The van der Waals surface area contributed by atoms with Crippen molar-refractivity contribution in [3.05, 3.63) is 23.7 Å². The summed E-state index contributed by atoms with van der Waals surface area (Å²) in [4.78, 5) is 88.9. The molecular weight excluding hydrogens is 1070 g/mol. The maximum absolute atomic E-state index is 13.4. The first-order valence-corrected chi connectivity index (χ1v) is 24.8. The number of carboxylic acids is 2. The Morgan fingerprint density at radius 1 is 0.625 bits per heavy atom. The quantitative estimate of drug-likeness (QED) is 0.0118. The number of nitrogens with two attached hydrogens (primary N) is 2. The number of terminal acetylenes is 1. The Hall–Kier alpha value is -7.33. The summed E-state index contributed by atoms with van der Waals surface area (Å²) >= 11 is 0. The van der Waals surface area contributed by atoms with E-state index in [2.05, 4.69) is 37.8 Å². The maximum atomic E-state index is 13.4. The molecule has 0 aromatic rings. The van der Waals surface area contributed by atoms with Crippen molar-refractivity contribution in [2.45, 2.75) is 81.1 Å². The second kappa shape index (κ2) is 38.3. The Morgan fingerprint density at radius 2 is 1.00 bits per heavy atom. The van der Waals surface area contributed by atoms with Crippen molar-refractivity contribution in [2.75, 3.05) is 119 Å². The average molecular weight is 1150 g/mol. The van der Waals surface area contributed by atoms with E-state index in [1.165, 1.54) is 4.90 Å². The molecule has 80 heavy (non-hydrogen) atoms. The normalized spacial score (nSPS) is 19.9. The molecule has 2 aliphatic rings. The van der Waals surface area contributed by atoms with Gasteiger partial charge in [-0.1, -0.05) is 5.92 Å². The molecule has 0 radical (unpaired) electrons. The number of carbonyl (C=O) groups excluding carboxylic acids is 5. The molecule has 0 saturated carbocycles. The van der Waals surface area contributed by atoms with E-state index >= 15 is 0 Å². The zero-order valence-corrected chi connectivity index (χ0v) is 44.2. The van der Waals surface area contributed by atoms with E-state index < -0.39 is 133 Å². The minimum Gasteiger partial charge on any atom is -0.477 e. The lowest BCUT2D eigenvalue weighted by atomic mass is 9.92. The lowest BCUT2D eigenvalue weighted by Gasteiger charge is -2.41. The highest BCUT2D eigenvalue weighted by molar-refractivity contribution is 5.86. The van der Waals surface area contributed by atoms with Crippen LogP contribution in [-0.2, 0) is 71.3 Å². The lowest BCUT2D eigenvalue weighted by molar-refractivity contribution is -0.147. The summed E-state index contributed by atoms with van der Waals surface area (Å²) in [7, 11) is 0. The number of ether oxygens (including phenoxy) is 10. The number of aliphatic hydroxyl groups excluding tert-OH is 4. The lowest BCUT2D eigenvalue weighted by Crippen LogP contribution is -2.65. The number of carbonyl (C=O) groups is 7. The van der Waals surface area contributed by atoms with Gasteiger partial charge in [-0.25, -0.2) is 19.2 Å². The third-order valence-corrected chi connectivity index (χ3v) is 10.9. The topological polar surface area (TPSA) is 508 Å². The predicted molar refractivity (Wildman–Crippen MR) is 272 cm³/mol. The second-order valence-electron chi connectivity index (χ2n) is 17.0. The van der Waals surface area contributed by atoms with Crippen LogP contribution in [0.5, 0.6) is 0 Å². The number of hydrogen-bond donors (Lipinski definition) is 16. The summed E-state index contributed by atoms with van der Waals surface area (Å²) in [6, 6.07) is -5.01. The largest absolute Gasteiger partial charge is 0.477 e. The van der Waals surface area contributed by atoms with Gasteiger partial charge in [0.15, 0.2) is 36.3 Å². The van der Waals surface area contributed by atoms with Crippen LogP contribution >= 0.6 is 0 Å². The number of aliphatic carboxylic acids is 2. The van der Waals surface area contributed by atoms with Gasteiger partial charge in [0, 0.05) is 40.0 Å². The second-order valence-corrected chi connectivity index (χ2v) is 17.0. The van der Waals surface area contributed by atoms with Crippen molar-refractivity contribution in [3.63, 3.8) is 0 Å². The Morgan fingerprint density at radius 3 is 1.35 bits per heavy atom. The van der Waals surface area contributed by atoms with Gasteiger partial charge in [-0.2, -0.15) is 0 Å². The van der Waals surface area contributed by atoms with Crippen LogP contribution in [0.4, 0.5) is 9.59 Å². The number of nitrogens with one attached hydrogen (secondary N) is 8. The van der Waals surface area contributed by atoms with E-state index in [9.17, 15) is 64.2 Å². The molecule has 2 rings (SSSR count). The molecule has 0 bridgehead atoms. The molecule has 18 N–H and O–H groups in total. The summed E-state index contributed by atoms with van der Waals surface area (Å²) < 4.78 is 54.5. The third-order valence-electron chi connectivity index (χ3n) is 10.9. The molecule has 5 amide bonds. The van der Waals surface area contributed by atoms with Gasteiger partial charge in [0.25, 0.3) is 0 Å². The zero-order valence-electron chi connectivity index (χ0n) is 44.2. The van der Waals surface area contributed by atoms with Crippen LogP contribution in [0.3, 0.4) is 0 Å². The SMILES string of the molecule is C#CCOCCOCCOCCOCCC(=O)N(CCOCCNC(=O)O[C@@H]([C@@H]1OC(C(=O)O)=C[C@H](NC(=N)N)[C@H]1NC(C)=O)[C@H](O)CO)CCOCCNC(=O)O[C@@H]([C@@H]1OC(C(=O)O)=C[C@H](NC(=N)N)[C@H]1NC(C)=O)[C@H](O)CO. The Balaban J connectivity index is 2.03. The summed E-state index contributed by atoms with van der Waals surface area (Å²) in [5.74, 6) is -5.16. The van der Waals surface area contributed by atoms with Crippen molar-refractivity contribution < 1.29 is 112 Å². The highest BCUT2D eigenvalue weighted by Crippen LogP contribution is 2.27. The van der Waals surface area contributed by atoms with Crippen LogP contribution in [0.2, 0.25) is 0 Å². The number of rotatable bonds is 39. The van der Waals surface area contributed by atoms with Crippen LogP contribution in [0, 0.1) is 23.2 Å². The minimum atomic E-state index is -1.87. The van der Waals surface area contributed by atoms with Crippen LogP contribution in [0.15, 0.2) is 23.7 Å². The van der Waals surface area contributed by atoms with E-state index in [-0.39, 0.29) is 98.0 Å². The summed E-state index contributed by atoms with van der Waals surface area (Å²) in [6.07, 6.45) is -5.93. The molecule has 452 valence electrons. The number of hydrogen-bond acceptors (Lipinski definition) is 23. The first-order chi connectivity index (χ1) is 38.1. The van der Waals surface area contributed by atoms with Gasteiger partial charge in [0.05, 0.1) is 116 Å². The average Bonchev–Trinajstić information content (AvgIpc) is 3.39. The molecule has 0 aromatic heterocycles. The van der Waals surface area contributed by atoms with Gasteiger partial charge in [-0.15, -0.1) is 6.42 Å². The van der Waals surface area contributed by atoms with E-state index in [0.717, 1.165) is 26.0 Å². The van der Waals surface area contributed by atoms with Crippen molar-refractivity contribution in [2.24, 2.45) is 11.5 Å². The van der Waals surface area contributed by atoms with Gasteiger partial charge < -0.3 is 126 Å². The molecule has 2 heterocycles. The molecule has 0 aliphatic carbocycles. The number of nitrogens with zero attached hydrogens (tertiary/aromatic N) is 1.